The number of rotatable bonds is 7. The fourth-order valence-electron chi connectivity index (χ4n) is 3.33. The number of nitrogens with one attached hydrogen (secondary N) is 1. The first-order valence-electron chi connectivity index (χ1n) is 9.57. The van der Waals surface area contributed by atoms with E-state index in [1.165, 1.54) is 0 Å². The summed E-state index contributed by atoms with van der Waals surface area (Å²) in [5, 5.41) is 2.93. The number of hydrogen-bond donors (Lipinski definition) is 1. The highest BCUT2D eigenvalue weighted by atomic mass is 16.5. The number of pyridine rings is 1. The van der Waals surface area contributed by atoms with E-state index >= 15 is 0 Å². The number of methoxy groups -OCH3 is 2. The first-order valence-corrected chi connectivity index (χ1v) is 9.57. The molecule has 0 radical (unpaired) electrons. The predicted octanol–water partition coefficient (Wildman–Crippen LogP) is 2.17. The molecule has 0 atom stereocenters. The van der Waals surface area contributed by atoms with Crippen molar-refractivity contribution in [2.75, 3.05) is 51.8 Å². The molecule has 0 aliphatic carbocycles. The maximum absolute atomic E-state index is 12.6. The third-order valence-corrected chi connectivity index (χ3v) is 5.06. The minimum Gasteiger partial charge on any atom is -0.493 e. The molecule has 0 bridgehead atoms. The van der Waals surface area contributed by atoms with Crippen LogP contribution in [-0.4, -0.2) is 62.7 Å². The van der Waals surface area contributed by atoms with Crippen molar-refractivity contribution >= 4 is 11.6 Å². The molecule has 2 aromatic rings. The highest BCUT2D eigenvalue weighted by Gasteiger charge is 2.17. The lowest BCUT2D eigenvalue weighted by Crippen LogP contribution is -2.46. The van der Waals surface area contributed by atoms with Gasteiger partial charge in [-0.05, 0) is 36.4 Å². The number of carbonyl (C=O) groups excluding carboxylic acids is 1. The molecule has 1 fully saturated rings. The van der Waals surface area contributed by atoms with Crippen molar-refractivity contribution in [3.8, 4) is 11.5 Å². The van der Waals surface area contributed by atoms with Gasteiger partial charge in [0.2, 0.25) is 0 Å². The van der Waals surface area contributed by atoms with E-state index in [0.717, 1.165) is 44.0 Å². The molecule has 0 unspecified atom stereocenters. The molecule has 150 valence electrons. The molecule has 1 N–H and O–H groups in total. The average Bonchev–Trinajstić information content (AvgIpc) is 2.77. The van der Waals surface area contributed by atoms with Crippen molar-refractivity contribution in [3.05, 3.63) is 47.8 Å². The molecule has 1 aromatic heterocycles. The van der Waals surface area contributed by atoms with Crippen LogP contribution in [0.2, 0.25) is 0 Å². The van der Waals surface area contributed by atoms with Crippen molar-refractivity contribution < 1.29 is 14.3 Å². The average molecular weight is 384 g/mol. The Bertz CT molecular complexity index is 804. The summed E-state index contributed by atoms with van der Waals surface area (Å²) in [4.78, 5) is 21.5. The zero-order valence-electron chi connectivity index (χ0n) is 16.8. The Balaban J connectivity index is 1.62. The lowest BCUT2D eigenvalue weighted by Gasteiger charge is -2.35. The van der Waals surface area contributed by atoms with Crippen molar-refractivity contribution in [1.82, 2.24) is 15.2 Å². The van der Waals surface area contributed by atoms with Crippen LogP contribution in [0.5, 0.6) is 11.5 Å². The van der Waals surface area contributed by atoms with Crippen LogP contribution < -0.4 is 19.7 Å². The van der Waals surface area contributed by atoms with Gasteiger partial charge in [-0.25, -0.2) is 0 Å². The first-order chi connectivity index (χ1) is 13.6. The molecule has 28 heavy (non-hydrogen) atoms. The molecule has 0 saturated carbocycles. The Morgan fingerprint density at radius 3 is 2.50 bits per heavy atom. The molecular weight excluding hydrogens is 356 g/mol. The zero-order chi connectivity index (χ0) is 19.9. The van der Waals surface area contributed by atoms with Crippen LogP contribution in [0.3, 0.4) is 0 Å². The van der Waals surface area contributed by atoms with Crippen LogP contribution in [0.25, 0.3) is 0 Å². The van der Waals surface area contributed by atoms with Crippen LogP contribution >= 0.6 is 0 Å². The molecule has 1 aliphatic rings. The molecule has 2 heterocycles. The van der Waals surface area contributed by atoms with Crippen LogP contribution in [-0.2, 0) is 6.54 Å². The van der Waals surface area contributed by atoms with Gasteiger partial charge in [0, 0.05) is 44.6 Å². The number of anilines is 1. The van der Waals surface area contributed by atoms with Crippen LogP contribution in [0.1, 0.15) is 23.0 Å². The zero-order valence-corrected chi connectivity index (χ0v) is 16.8. The molecule has 1 saturated heterocycles. The molecular formula is C21H28N4O3. The van der Waals surface area contributed by atoms with Crippen LogP contribution in [0, 0.1) is 0 Å². The van der Waals surface area contributed by atoms with Gasteiger partial charge in [0.25, 0.3) is 5.91 Å². The minimum atomic E-state index is -0.191. The maximum atomic E-state index is 12.6. The Kier molecular flexibility index (Phi) is 6.71. The van der Waals surface area contributed by atoms with Crippen molar-refractivity contribution in [2.45, 2.75) is 13.5 Å². The molecule has 7 nitrogen and oxygen atoms in total. The molecule has 7 heteroatoms. The third-order valence-electron chi connectivity index (χ3n) is 5.06. The van der Waals surface area contributed by atoms with Gasteiger partial charge in [-0.3, -0.25) is 9.78 Å². The van der Waals surface area contributed by atoms with Gasteiger partial charge in [0.1, 0.15) is 5.69 Å². The Morgan fingerprint density at radius 1 is 1.07 bits per heavy atom. The van der Waals surface area contributed by atoms with Gasteiger partial charge >= 0.3 is 0 Å². The Morgan fingerprint density at radius 2 is 1.82 bits per heavy atom. The summed E-state index contributed by atoms with van der Waals surface area (Å²) in [5.41, 5.74) is 2.40. The SMILES string of the molecule is CCN1CCN(c2ccnc(C(=O)NCc3ccc(OC)c(OC)c3)c2)CC1. The largest absolute Gasteiger partial charge is 0.493 e. The second-order valence-electron chi connectivity index (χ2n) is 6.69. The topological polar surface area (TPSA) is 66.9 Å². The van der Waals surface area contributed by atoms with E-state index in [1.807, 2.05) is 30.3 Å². The smallest absolute Gasteiger partial charge is 0.270 e. The maximum Gasteiger partial charge on any atom is 0.270 e. The number of hydrogen-bond acceptors (Lipinski definition) is 6. The van der Waals surface area contributed by atoms with Crippen LogP contribution in [0.4, 0.5) is 5.69 Å². The summed E-state index contributed by atoms with van der Waals surface area (Å²) in [6, 6.07) is 9.42. The molecule has 0 spiro atoms. The fourth-order valence-corrected chi connectivity index (χ4v) is 3.33. The number of piperazine rings is 1. The van der Waals surface area contributed by atoms with Crippen molar-refractivity contribution in [1.29, 1.82) is 0 Å². The van der Waals surface area contributed by atoms with E-state index in [0.29, 0.717) is 23.7 Å². The predicted molar refractivity (Wildman–Crippen MR) is 109 cm³/mol. The molecule has 3 rings (SSSR count). The number of amides is 1. The summed E-state index contributed by atoms with van der Waals surface area (Å²) in [5.74, 6) is 1.11. The van der Waals surface area contributed by atoms with E-state index in [4.69, 9.17) is 9.47 Å². The lowest BCUT2D eigenvalue weighted by atomic mass is 10.2. The third kappa shape index (κ3) is 4.72. The number of nitrogens with zero attached hydrogens (tertiary/aromatic N) is 3. The van der Waals surface area contributed by atoms with Gasteiger partial charge < -0.3 is 24.6 Å². The van der Waals surface area contributed by atoms with E-state index in [1.54, 1.807) is 20.4 Å². The number of aromatic nitrogens is 1. The summed E-state index contributed by atoms with van der Waals surface area (Å²) >= 11 is 0. The quantitative estimate of drug-likeness (QED) is 0.789. The fraction of sp³-hybridized carbons (Fsp3) is 0.429. The minimum absolute atomic E-state index is 0.191. The summed E-state index contributed by atoms with van der Waals surface area (Å²) < 4.78 is 10.5. The number of ether oxygens (including phenoxy) is 2. The van der Waals surface area contributed by atoms with Gasteiger partial charge in [-0.2, -0.15) is 0 Å². The highest BCUT2D eigenvalue weighted by molar-refractivity contribution is 5.93. The van der Waals surface area contributed by atoms with Crippen molar-refractivity contribution in [2.24, 2.45) is 0 Å². The standard InChI is InChI=1S/C21H28N4O3/c1-4-24-9-11-25(12-10-24)17-7-8-22-18(14-17)21(26)23-15-16-5-6-19(27-2)20(13-16)28-3/h5-8,13-14H,4,9-12,15H2,1-3H3,(H,23,26). The van der Waals surface area contributed by atoms with Gasteiger partial charge in [0.15, 0.2) is 11.5 Å². The second-order valence-corrected chi connectivity index (χ2v) is 6.69. The number of likely N-dealkylation sites (N-methyl/N-ethyl adjacent to an activating group) is 1. The number of carbonyl (C=O) groups is 1. The molecule has 1 aromatic carbocycles. The Hall–Kier alpha value is -2.80. The van der Waals surface area contributed by atoms with Gasteiger partial charge in [-0.1, -0.05) is 13.0 Å². The number of benzene rings is 1. The van der Waals surface area contributed by atoms with E-state index < -0.39 is 0 Å². The first kappa shape index (κ1) is 19.9. The molecule has 1 aliphatic heterocycles. The second kappa shape index (κ2) is 9.41. The van der Waals surface area contributed by atoms with Crippen LogP contribution in [0.15, 0.2) is 36.5 Å². The Labute approximate surface area is 166 Å². The van der Waals surface area contributed by atoms with Crippen molar-refractivity contribution in [3.63, 3.8) is 0 Å². The summed E-state index contributed by atoms with van der Waals surface area (Å²) in [6.45, 7) is 7.66. The van der Waals surface area contributed by atoms with Gasteiger partial charge in [-0.15, -0.1) is 0 Å². The molecule has 1 amide bonds. The normalized spacial score (nSPS) is 14.6. The van der Waals surface area contributed by atoms with Gasteiger partial charge in [0.05, 0.1) is 14.2 Å². The highest BCUT2D eigenvalue weighted by Crippen LogP contribution is 2.27. The lowest BCUT2D eigenvalue weighted by molar-refractivity contribution is 0.0946. The summed E-state index contributed by atoms with van der Waals surface area (Å²) in [7, 11) is 3.19. The summed E-state index contributed by atoms with van der Waals surface area (Å²) in [6.07, 6.45) is 1.70. The van der Waals surface area contributed by atoms with E-state index in [2.05, 4.69) is 27.0 Å². The van der Waals surface area contributed by atoms with E-state index in [9.17, 15) is 4.79 Å². The monoisotopic (exact) mass is 384 g/mol. The van der Waals surface area contributed by atoms with E-state index in [-0.39, 0.29) is 5.91 Å².